The van der Waals surface area contributed by atoms with E-state index in [-0.39, 0.29) is 18.6 Å². The van der Waals surface area contributed by atoms with Crippen molar-refractivity contribution >= 4 is 23.5 Å². The van der Waals surface area contributed by atoms with Gasteiger partial charge in [-0.05, 0) is 6.42 Å². The van der Waals surface area contributed by atoms with Gasteiger partial charge in [-0.3, -0.25) is 9.59 Å². The van der Waals surface area contributed by atoms with Crippen LogP contribution in [0.15, 0.2) is 0 Å². The molecule has 0 rings (SSSR count). The van der Waals surface area contributed by atoms with E-state index in [1.807, 2.05) is 0 Å². The molecular formula is C9H16O3S. The molecule has 0 aromatic heterocycles. The second kappa shape index (κ2) is 6.95. The van der Waals surface area contributed by atoms with Gasteiger partial charge in [0.25, 0.3) is 0 Å². The van der Waals surface area contributed by atoms with Crippen LogP contribution in [0.5, 0.6) is 0 Å². The van der Waals surface area contributed by atoms with Crippen LogP contribution in [-0.4, -0.2) is 27.9 Å². The third-order valence-electron chi connectivity index (χ3n) is 1.72. The lowest BCUT2D eigenvalue weighted by molar-refractivity contribution is -0.138. The summed E-state index contributed by atoms with van der Waals surface area (Å²) in [5.74, 6) is -0.419. The first-order valence-electron chi connectivity index (χ1n) is 4.41. The Bertz CT molecular complexity index is 180. The highest BCUT2D eigenvalue weighted by Crippen LogP contribution is 2.14. The van der Waals surface area contributed by atoms with Gasteiger partial charge in [-0.25, -0.2) is 0 Å². The molecule has 1 atom stereocenters. The molecule has 0 saturated heterocycles. The van der Waals surface area contributed by atoms with Gasteiger partial charge >= 0.3 is 5.97 Å². The van der Waals surface area contributed by atoms with Crippen molar-refractivity contribution in [3.05, 3.63) is 0 Å². The zero-order valence-corrected chi connectivity index (χ0v) is 8.89. The van der Waals surface area contributed by atoms with Gasteiger partial charge in [-0.1, -0.05) is 13.8 Å². The topological polar surface area (TPSA) is 54.4 Å². The van der Waals surface area contributed by atoms with Gasteiger partial charge in [0, 0.05) is 11.7 Å². The van der Waals surface area contributed by atoms with Crippen molar-refractivity contribution in [2.75, 3.05) is 5.75 Å². The largest absolute Gasteiger partial charge is 0.481 e. The quantitative estimate of drug-likeness (QED) is 0.688. The number of Topliss-reactive ketones (excluding diaryl/α,β-unsaturated/α-hetero) is 1. The summed E-state index contributed by atoms with van der Waals surface area (Å²) in [7, 11) is 0. The average Bonchev–Trinajstić information content (AvgIpc) is 2.10. The maximum absolute atomic E-state index is 11.1. The Hall–Kier alpha value is -0.510. The molecule has 0 aliphatic heterocycles. The molecule has 0 radical (unpaired) electrons. The van der Waals surface area contributed by atoms with E-state index in [9.17, 15) is 9.59 Å². The number of carbonyl (C=O) groups is 2. The predicted molar refractivity (Wildman–Crippen MR) is 54.1 cm³/mol. The molecule has 0 fully saturated rings. The number of hydrogen-bond acceptors (Lipinski definition) is 3. The van der Waals surface area contributed by atoms with Gasteiger partial charge in [-0.2, -0.15) is 11.8 Å². The molecule has 0 aromatic rings. The Morgan fingerprint density at radius 1 is 1.38 bits per heavy atom. The van der Waals surface area contributed by atoms with E-state index in [2.05, 4.69) is 13.8 Å². The smallest absolute Gasteiger partial charge is 0.303 e. The highest BCUT2D eigenvalue weighted by molar-refractivity contribution is 8.00. The zero-order valence-electron chi connectivity index (χ0n) is 8.08. The van der Waals surface area contributed by atoms with Gasteiger partial charge < -0.3 is 5.11 Å². The van der Waals surface area contributed by atoms with Gasteiger partial charge in [0.15, 0.2) is 0 Å². The third kappa shape index (κ3) is 7.84. The maximum Gasteiger partial charge on any atom is 0.303 e. The predicted octanol–water partition coefficient (Wildman–Crippen LogP) is 1.95. The molecule has 0 heterocycles. The van der Waals surface area contributed by atoms with Crippen molar-refractivity contribution < 1.29 is 14.7 Å². The Morgan fingerprint density at radius 3 is 2.46 bits per heavy atom. The van der Waals surface area contributed by atoms with E-state index >= 15 is 0 Å². The number of carboxylic acids is 1. The summed E-state index contributed by atoms with van der Waals surface area (Å²) in [5, 5.41) is 8.81. The highest BCUT2D eigenvalue weighted by Gasteiger charge is 2.07. The molecule has 0 spiro atoms. The zero-order chi connectivity index (χ0) is 10.3. The fraction of sp³-hybridized carbons (Fsp3) is 0.778. The second-order valence-electron chi connectivity index (χ2n) is 2.96. The molecule has 0 aliphatic rings. The number of carbonyl (C=O) groups excluding carboxylic acids is 1. The number of rotatable bonds is 7. The summed E-state index contributed by atoms with van der Waals surface area (Å²) in [6, 6.07) is 0. The van der Waals surface area contributed by atoms with E-state index in [1.54, 1.807) is 11.8 Å². The highest BCUT2D eigenvalue weighted by atomic mass is 32.2. The summed E-state index contributed by atoms with van der Waals surface area (Å²) in [4.78, 5) is 21.2. The molecule has 4 heteroatoms. The third-order valence-corrected chi connectivity index (χ3v) is 3.11. The van der Waals surface area contributed by atoms with E-state index in [0.29, 0.717) is 11.0 Å². The summed E-state index contributed by atoms with van der Waals surface area (Å²) in [5.41, 5.74) is 0. The van der Waals surface area contributed by atoms with Gasteiger partial charge in [0.2, 0.25) is 0 Å². The van der Waals surface area contributed by atoms with Gasteiger partial charge in [-0.15, -0.1) is 0 Å². The van der Waals surface area contributed by atoms with Crippen molar-refractivity contribution in [2.45, 2.75) is 38.4 Å². The number of ketones is 1. The van der Waals surface area contributed by atoms with Crippen LogP contribution >= 0.6 is 11.8 Å². The molecule has 0 saturated carbocycles. The lowest BCUT2D eigenvalue weighted by atomic mass is 10.2. The second-order valence-corrected chi connectivity index (χ2v) is 4.39. The van der Waals surface area contributed by atoms with Crippen LogP contribution in [0.3, 0.4) is 0 Å². The average molecular weight is 204 g/mol. The lowest BCUT2D eigenvalue weighted by Crippen LogP contribution is -2.07. The molecule has 1 unspecified atom stereocenters. The van der Waals surface area contributed by atoms with Crippen LogP contribution in [0.2, 0.25) is 0 Å². The molecule has 13 heavy (non-hydrogen) atoms. The molecule has 1 N–H and O–H groups in total. The van der Waals surface area contributed by atoms with Crippen molar-refractivity contribution in [2.24, 2.45) is 0 Å². The fourth-order valence-corrected chi connectivity index (χ4v) is 1.52. The van der Waals surface area contributed by atoms with Crippen LogP contribution in [0.25, 0.3) is 0 Å². The summed E-state index contributed by atoms with van der Waals surface area (Å²) >= 11 is 1.59. The number of aliphatic carboxylic acids is 1. The van der Waals surface area contributed by atoms with E-state index < -0.39 is 5.97 Å². The Morgan fingerprint density at radius 2 is 2.00 bits per heavy atom. The van der Waals surface area contributed by atoms with Crippen LogP contribution in [-0.2, 0) is 9.59 Å². The van der Waals surface area contributed by atoms with Gasteiger partial charge in [0.05, 0.1) is 12.2 Å². The first-order chi connectivity index (χ1) is 6.06. The fourth-order valence-electron chi connectivity index (χ4n) is 0.672. The molecule has 3 nitrogen and oxygen atoms in total. The van der Waals surface area contributed by atoms with E-state index in [0.717, 1.165) is 6.42 Å². The van der Waals surface area contributed by atoms with Crippen molar-refractivity contribution in [1.29, 1.82) is 0 Å². The van der Waals surface area contributed by atoms with E-state index in [4.69, 9.17) is 5.11 Å². The maximum atomic E-state index is 11.1. The first-order valence-corrected chi connectivity index (χ1v) is 5.46. The SMILES string of the molecule is CCC(C)SCC(=O)CCC(=O)O. The van der Waals surface area contributed by atoms with Crippen molar-refractivity contribution in [1.82, 2.24) is 0 Å². The Balaban J connectivity index is 3.46. The molecule has 0 aromatic carbocycles. The van der Waals surface area contributed by atoms with Gasteiger partial charge in [0.1, 0.15) is 5.78 Å². The lowest BCUT2D eigenvalue weighted by Gasteiger charge is -2.06. The minimum Gasteiger partial charge on any atom is -0.481 e. The van der Waals surface area contributed by atoms with Crippen molar-refractivity contribution in [3.8, 4) is 0 Å². The Kier molecular flexibility index (Phi) is 6.68. The van der Waals surface area contributed by atoms with Crippen LogP contribution in [0.1, 0.15) is 33.1 Å². The number of hydrogen-bond donors (Lipinski definition) is 1. The standard InChI is InChI=1S/C9H16O3S/c1-3-7(2)13-6-8(10)4-5-9(11)12/h7H,3-6H2,1-2H3,(H,11,12). The summed E-state index contributed by atoms with van der Waals surface area (Å²) in [6.07, 6.45) is 1.16. The van der Waals surface area contributed by atoms with E-state index in [1.165, 1.54) is 0 Å². The molecule has 0 bridgehead atoms. The van der Waals surface area contributed by atoms with Crippen LogP contribution in [0, 0.1) is 0 Å². The van der Waals surface area contributed by atoms with Crippen molar-refractivity contribution in [3.63, 3.8) is 0 Å². The summed E-state index contributed by atoms with van der Waals surface area (Å²) in [6.45, 7) is 4.13. The van der Waals surface area contributed by atoms with Crippen LogP contribution in [0.4, 0.5) is 0 Å². The molecular weight excluding hydrogens is 188 g/mol. The monoisotopic (exact) mass is 204 g/mol. The minimum absolute atomic E-state index is 0.0349. The minimum atomic E-state index is -0.901. The molecule has 0 aliphatic carbocycles. The Labute approximate surface area is 82.9 Å². The summed E-state index contributed by atoms with van der Waals surface area (Å²) < 4.78 is 0. The molecule has 76 valence electrons. The first kappa shape index (κ1) is 12.5. The normalized spacial score (nSPS) is 12.5. The molecule has 0 amide bonds. The van der Waals surface area contributed by atoms with Crippen LogP contribution < -0.4 is 0 Å². The number of thioether (sulfide) groups is 1. The number of carboxylic acid groups (broad SMARTS) is 1.